The van der Waals surface area contributed by atoms with Crippen LogP contribution in [0.15, 0.2) is 36.8 Å². The molecule has 0 saturated carbocycles. The molecule has 0 spiro atoms. The number of carbonyl (C=O) groups is 1. The Morgan fingerprint density at radius 2 is 2.11 bits per heavy atom. The largest absolute Gasteiger partial charge is 0.494 e. The first-order valence-corrected chi connectivity index (χ1v) is 6.25. The van der Waals surface area contributed by atoms with Crippen molar-refractivity contribution < 1.29 is 9.53 Å². The number of nitrogens with two attached hydrogens (primary N) is 1. The van der Waals surface area contributed by atoms with Crippen molar-refractivity contribution in [2.75, 3.05) is 13.2 Å². The summed E-state index contributed by atoms with van der Waals surface area (Å²) in [5.41, 5.74) is 6.87. The maximum atomic E-state index is 12.2. The van der Waals surface area contributed by atoms with Gasteiger partial charge in [0.15, 0.2) is 0 Å². The smallest absolute Gasteiger partial charge is 0.263 e. The molecular weight excluding hydrogens is 242 g/mol. The molecule has 0 atom stereocenters. The van der Waals surface area contributed by atoms with E-state index in [1.54, 1.807) is 30.5 Å². The Balaban J connectivity index is 2.13. The van der Waals surface area contributed by atoms with Crippen LogP contribution in [0.1, 0.15) is 23.0 Å². The summed E-state index contributed by atoms with van der Waals surface area (Å²) in [5.74, 6) is 0.646. The van der Waals surface area contributed by atoms with Gasteiger partial charge in [0.05, 0.1) is 12.3 Å². The lowest BCUT2D eigenvalue weighted by atomic mass is 10.2. The molecule has 0 saturated heterocycles. The van der Waals surface area contributed by atoms with E-state index < -0.39 is 0 Å². The van der Waals surface area contributed by atoms with Crippen molar-refractivity contribution in [1.29, 1.82) is 0 Å². The van der Waals surface area contributed by atoms with Crippen LogP contribution < -0.4 is 10.5 Å². The van der Waals surface area contributed by atoms with Crippen molar-refractivity contribution in [3.8, 4) is 5.75 Å². The molecule has 5 nitrogen and oxygen atoms in total. The molecule has 0 radical (unpaired) electrons. The molecule has 1 aromatic carbocycles. The highest BCUT2D eigenvalue weighted by Gasteiger charge is 2.09. The Hall–Kier alpha value is -2.14. The Kier molecular flexibility index (Phi) is 4.30. The highest BCUT2D eigenvalue weighted by atomic mass is 16.5. The predicted octanol–water partition coefficient (Wildman–Crippen LogP) is 1.47. The van der Waals surface area contributed by atoms with E-state index in [0.717, 1.165) is 11.4 Å². The molecule has 0 bridgehead atoms. The average Bonchev–Trinajstić information content (AvgIpc) is 2.88. The number of imidazole rings is 1. The van der Waals surface area contributed by atoms with Crippen LogP contribution >= 0.6 is 0 Å². The molecule has 0 aliphatic heterocycles. The fourth-order valence-electron chi connectivity index (χ4n) is 1.76. The van der Waals surface area contributed by atoms with Crippen LogP contribution in [0.4, 0.5) is 0 Å². The van der Waals surface area contributed by atoms with Crippen LogP contribution in [-0.2, 0) is 6.42 Å². The second kappa shape index (κ2) is 6.15. The minimum absolute atomic E-state index is 0.112. The minimum atomic E-state index is -0.112. The van der Waals surface area contributed by atoms with E-state index in [2.05, 4.69) is 4.98 Å². The molecule has 2 aromatic rings. The van der Waals surface area contributed by atoms with Gasteiger partial charge in [-0.2, -0.15) is 0 Å². The van der Waals surface area contributed by atoms with Gasteiger partial charge in [0.1, 0.15) is 12.1 Å². The quantitative estimate of drug-likeness (QED) is 0.882. The van der Waals surface area contributed by atoms with Gasteiger partial charge in [-0.3, -0.25) is 9.36 Å². The Labute approximate surface area is 112 Å². The van der Waals surface area contributed by atoms with Gasteiger partial charge in [0, 0.05) is 18.2 Å². The molecule has 1 heterocycles. The minimum Gasteiger partial charge on any atom is -0.494 e. The first-order chi connectivity index (χ1) is 9.24. The third-order valence-electron chi connectivity index (χ3n) is 2.68. The van der Waals surface area contributed by atoms with E-state index in [9.17, 15) is 4.79 Å². The van der Waals surface area contributed by atoms with Crippen LogP contribution in [0.3, 0.4) is 0 Å². The van der Waals surface area contributed by atoms with E-state index in [0.29, 0.717) is 25.1 Å². The number of hydrogen-bond donors (Lipinski definition) is 1. The summed E-state index contributed by atoms with van der Waals surface area (Å²) in [7, 11) is 0. The highest BCUT2D eigenvalue weighted by Crippen LogP contribution is 2.13. The summed E-state index contributed by atoms with van der Waals surface area (Å²) in [4.78, 5) is 16.3. The van der Waals surface area contributed by atoms with Crippen LogP contribution in [0.25, 0.3) is 0 Å². The van der Waals surface area contributed by atoms with Gasteiger partial charge in [0.2, 0.25) is 0 Å². The second-order valence-corrected chi connectivity index (χ2v) is 4.07. The van der Waals surface area contributed by atoms with Gasteiger partial charge in [-0.15, -0.1) is 0 Å². The Morgan fingerprint density at radius 1 is 1.37 bits per heavy atom. The van der Waals surface area contributed by atoms with Gasteiger partial charge < -0.3 is 10.5 Å². The van der Waals surface area contributed by atoms with E-state index in [4.69, 9.17) is 10.5 Å². The molecule has 100 valence electrons. The summed E-state index contributed by atoms with van der Waals surface area (Å²) in [5, 5.41) is 0. The van der Waals surface area contributed by atoms with Crippen molar-refractivity contribution >= 4 is 5.91 Å². The fourth-order valence-corrected chi connectivity index (χ4v) is 1.76. The number of nitrogens with zero attached hydrogens (tertiary/aromatic N) is 2. The summed E-state index contributed by atoms with van der Waals surface area (Å²) >= 11 is 0. The lowest BCUT2D eigenvalue weighted by molar-refractivity contribution is 0.0959. The van der Waals surface area contributed by atoms with Crippen LogP contribution in [0, 0.1) is 0 Å². The molecule has 0 aliphatic rings. The number of aromatic nitrogens is 2. The van der Waals surface area contributed by atoms with Crippen molar-refractivity contribution in [1.82, 2.24) is 9.55 Å². The topological polar surface area (TPSA) is 70.1 Å². The van der Waals surface area contributed by atoms with E-state index >= 15 is 0 Å². The predicted molar refractivity (Wildman–Crippen MR) is 72.3 cm³/mol. The molecule has 0 aliphatic carbocycles. The average molecular weight is 259 g/mol. The third-order valence-corrected chi connectivity index (χ3v) is 2.68. The number of benzene rings is 1. The number of carbonyl (C=O) groups excluding carboxylic acids is 1. The van der Waals surface area contributed by atoms with Gasteiger partial charge in [0.25, 0.3) is 5.91 Å². The molecule has 2 rings (SSSR count). The number of hydrogen-bond acceptors (Lipinski definition) is 4. The Bertz CT molecular complexity index is 546. The lowest BCUT2D eigenvalue weighted by Crippen LogP contribution is -2.10. The van der Waals surface area contributed by atoms with Crippen LogP contribution in [0.2, 0.25) is 0 Å². The third kappa shape index (κ3) is 3.20. The molecule has 0 amide bonds. The van der Waals surface area contributed by atoms with Crippen LogP contribution in [0.5, 0.6) is 5.75 Å². The summed E-state index contributed by atoms with van der Waals surface area (Å²) in [6.45, 7) is 3.05. The van der Waals surface area contributed by atoms with Crippen molar-refractivity contribution in [2.45, 2.75) is 13.3 Å². The second-order valence-electron chi connectivity index (χ2n) is 4.07. The van der Waals surface area contributed by atoms with E-state index in [1.165, 1.54) is 10.9 Å². The normalized spacial score (nSPS) is 10.4. The molecule has 0 fully saturated rings. The SMILES string of the molecule is CCOc1ccc(C(=O)n2cnc(CCN)c2)cc1. The maximum Gasteiger partial charge on any atom is 0.263 e. The molecule has 0 unspecified atom stereocenters. The zero-order valence-electron chi connectivity index (χ0n) is 10.9. The number of rotatable bonds is 5. The molecule has 19 heavy (non-hydrogen) atoms. The molecule has 1 aromatic heterocycles. The van der Waals surface area contributed by atoms with Crippen molar-refractivity contribution in [2.24, 2.45) is 5.73 Å². The Morgan fingerprint density at radius 3 is 2.74 bits per heavy atom. The van der Waals surface area contributed by atoms with Gasteiger partial charge >= 0.3 is 0 Å². The van der Waals surface area contributed by atoms with Crippen molar-refractivity contribution in [3.63, 3.8) is 0 Å². The zero-order chi connectivity index (χ0) is 13.7. The summed E-state index contributed by atoms with van der Waals surface area (Å²) < 4.78 is 6.81. The highest BCUT2D eigenvalue weighted by molar-refractivity contribution is 5.95. The standard InChI is InChI=1S/C14H17N3O2/c1-2-19-13-5-3-11(4-6-13)14(18)17-9-12(7-8-15)16-10-17/h3-6,9-10H,2,7-8,15H2,1H3. The van der Waals surface area contributed by atoms with Crippen LogP contribution in [-0.4, -0.2) is 28.6 Å². The van der Waals surface area contributed by atoms with Crippen molar-refractivity contribution in [3.05, 3.63) is 48.0 Å². The lowest BCUT2D eigenvalue weighted by Gasteiger charge is -2.04. The molecular formula is C14H17N3O2. The number of ether oxygens (including phenoxy) is 1. The zero-order valence-corrected chi connectivity index (χ0v) is 10.9. The van der Waals surface area contributed by atoms with E-state index in [1.807, 2.05) is 6.92 Å². The maximum absolute atomic E-state index is 12.2. The first-order valence-electron chi connectivity index (χ1n) is 6.25. The summed E-state index contributed by atoms with van der Waals surface area (Å²) in [6, 6.07) is 7.06. The fraction of sp³-hybridized carbons (Fsp3) is 0.286. The monoisotopic (exact) mass is 259 g/mol. The van der Waals surface area contributed by atoms with E-state index in [-0.39, 0.29) is 5.91 Å². The molecule has 2 N–H and O–H groups in total. The first kappa shape index (κ1) is 13.3. The molecule has 5 heteroatoms. The van der Waals surface area contributed by atoms with Gasteiger partial charge in [-0.1, -0.05) is 0 Å². The summed E-state index contributed by atoms with van der Waals surface area (Å²) in [6.07, 6.45) is 3.90. The van der Waals surface area contributed by atoms with Gasteiger partial charge in [-0.05, 0) is 37.7 Å². The van der Waals surface area contributed by atoms with Gasteiger partial charge in [-0.25, -0.2) is 4.98 Å².